The number of pyridine rings is 3. The SMILES string of the molecule is c1ccc(-c2nccc3[nH]c(-c4n[nH]c5ncc(-c6cnccn6)cc45)nc23)nc1. The van der Waals surface area contributed by atoms with Crippen molar-refractivity contribution in [2.75, 3.05) is 0 Å². The minimum Gasteiger partial charge on any atom is -0.336 e. The molecule has 0 aromatic carbocycles. The van der Waals surface area contributed by atoms with Crippen molar-refractivity contribution in [3.63, 3.8) is 0 Å². The molecule has 0 saturated heterocycles. The van der Waals surface area contributed by atoms with Gasteiger partial charge in [0.1, 0.15) is 16.9 Å². The molecule has 0 saturated carbocycles. The zero-order valence-electron chi connectivity index (χ0n) is 15.5. The molecule has 6 aromatic heterocycles. The summed E-state index contributed by atoms with van der Waals surface area (Å²) in [5, 5.41) is 8.25. The number of rotatable bonds is 3. The fraction of sp³-hybridized carbons (Fsp3) is 0. The van der Waals surface area contributed by atoms with Crippen molar-refractivity contribution in [2.45, 2.75) is 0 Å². The summed E-state index contributed by atoms with van der Waals surface area (Å²) >= 11 is 0. The van der Waals surface area contributed by atoms with Crippen molar-refractivity contribution in [3.05, 3.63) is 67.5 Å². The van der Waals surface area contributed by atoms with Crippen LogP contribution in [0.4, 0.5) is 0 Å². The number of hydrogen-bond acceptors (Lipinski definition) is 7. The maximum Gasteiger partial charge on any atom is 0.159 e. The molecule has 0 amide bonds. The van der Waals surface area contributed by atoms with E-state index in [0.717, 1.165) is 33.4 Å². The van der Waals surface area contributed by atoms with Gasteiger partial charge < -0.3 is 4.98 Å². The Kier molecular flexibility index (Phi) is 3.57. The maximum absolute atomic E-state index is 4.79. The first-order chi connectivity index (χ1) is 14.9. The number of nitrogens with one attached hydrogen (secondary N) is 2. The molecular weight excluding hydrogens is 378 g/mol. The zero-order chi connectivity index (χ0) is 19.9. The lowest BCUT2D eigenvalue weighted by Gasteiger charge is -2.00. The van der Waals surface area contributed by atoms with Crippen molar-refractivity contribution in [1.29, 1.82) is 0 Å². The van der Waals surface area contributed by atoms with Gasteiger partial charge in [0.2, 0.25) is 0 Å². The van der Waals surface area contributed by atoms with E-state index >= 15 is 0 Å². The van der Waals surface area contributed by atoms with Gasteiger partial charge in [0.15, 0.2) is 11.5 Å². The van der Waals surface area contributed by atoms with Gasteiger partial charge in [0.05, 0.1) is 28.5 Å². The summed E-state index contributed by atoms with van der Waals surface area (Å²) in [6.07, 6.45) is 10.2. The van der Waals surface area contributed by atoms with Crippen LogP contribution in [0.5, 0.6) is 0 Å². The van der Waals surface area contributed by atoms with Crippen molar-refractivity contribution < 1.29 is 0 Å². The molecule has 0 aliphatic heterocycles. The maximum atomic E-state index is 4.79. The third-order valence-electron chi connectivity index (χ3n) is 4.81. The average molecular weight is 391 g/mol. The molecule has 0 fully saturated rings. The second-order valence-electron chi connectivity index (χ2n) is 6.64. The number of aromatic nitrogens is 9. The molecule has 0 atom stereocenters. The fourth-order valence-corrected chi connectivity index (χ4v) is 3.41. The quantitative estimate of drug-likeness (QED) is 0.474. The van der Waals surface area contributed by atoms with Gasteiger partial charge in [-0.25, -0.2) is 9.97 Å². The summed E-state index contributed by atoms with van der Waals surface area (Å²) in [4.78, 5) is 30.0. The van der Waals surface area contributed by atoms with E-state index < -0.39 is 0 Å². The summed E-state index contributed by atoms with van der Waals surface area (Å²) in [5.41, 5.74) is 6.01. The molecule has 0 aliphatic rings. The molecule has 2 N–H and O–H groups in total. The van der Waals surface area contributed by atoms with E-state index in [-0.39, 0.29) is 0 Å². The first kappa shape index (κ1) is 16.4. The summed E-state index contributed by atoms with van der Waals surface area (Å²) in [6.45, 7) is 0. The molecule has 0 unspecified atom stereocenters. The van der Waals surface area contributed by atoms with E-state index in [1.807, 2.05) is 30.3 Å². The molecule has 0 spiro atoms. The van der Waals surface area contributed by atoms with Crippen LogP contribution in [0.25, 0.3) is 56.2 Å². The fourth-order valence-electron chi connectivity index (χ4n) is 3.41. The monoisotopic (exact) mass is 391 g/mol. The van der Waals surface area contributed by atoms with E-state index in [0.29, 0.717) is 22.9 Å². The summed E-state index contributed by atoms with van der Waals surface area (Å²) in [7, 11) is 0. The number of nitrogens with zero attached hydrogens (tertiary/aromatic N) is 7. The van der Waals surface area contributed by atoms with Crippen molar-refractivity contribution >= 4 is 22.1 Å². The Bertz CT molecular complexity index is 1490. The smallest absolute Gasteiger partial charge is 0.159 e. The topological polar surface area (TPSA) is 122 Å². The molecule has 6 heterocycles. The van der Waals surface area contributed by atoms with E-state index in [1.165, 1.54) is 0 Å². The number of hydrogen-bond donors (Lipinski definition) is 2. The molecule has 30 heavy (non-hydrogen) atoms. The van der Waals surface area contributed by atoms with Gasteiger partial charge in [-0.3, -0.25) is 25.0 Å². The summed E-state index contributed by atoms with van der Waals surface area (Å²) in [6, 6.07) is 9.58. The molecule has 0 radical (unpaired) electrons. The Labute approximate surface area is 169 Å². The standard InChI is InChI=1S/C21H13N9/c1-2-5-23-14(3-1)18-19-15(4-6-25-18)27-21(28-19)17-13-9-12(10-26-20(13)30-29-17)16-11-22-7-8-24-16/h1-11H,(H,27,28)(H,26,29,30). The predicted octanol–water partition coefficient (Wildman–Crippen LogP) is 3.42. The van der Waals surface area contributed by atoms with Crippen LogP contribution < -0.4 is 0 Å². The Hall–Kier alpha value is -4.53. The highest BCUT2D eigenvalue weighted by atomic mass is 15.2. The summed E-state index contributed by atoms with van der Waals surface area (Å²) < 4.78 is 0. The van der Waals surface area contributed by atoms with Crippen LogP contribution in [-0.2, 0) is 0 Å². The third kappa shape index (κ3) is 2.60. The van der Waals surface area contributed by atoms with Crippen LogP contribution in [0, 0.1) is 0 Å². The van der Waals surface area contributed by atoms with Crippen LogP contribution in [-0.4, -0.2) is 45.1 Å². The molecule has 6 rings (SSSR count). The van der Waals surface area contributed by atoms with Crippen LogP contribution in [0.15, 0.2) is 67.5 Å². The van der Waals surface area contributed by atoms with Gasteiger partial charge in [0, 0.05) is 36.5 Å². The Morgan fingerprint density at radius 3 is 2.60 bits per heavy atom. The highest BCUT2D eigenvalue weighted by Crippen LogP contribution is 2.30. The lowest BCUT2D eigenvalue weighted by molar-refractivity contribution is 1.09. The first-order valence-electron chi connectivity index (χ1n) is 9.24. The highest BCUT2D eigenvalue weighted by Gasteiger charge is 2.17. The molecule has 0 bridgehead atoms. The van der Waals surface area contributed by atoms with Gasteiger partial charge in [-0.05, 0) is 24.3 Å². The third-order valence-corrected chi connectivity index (χ3v) is 4.81. The normalized spacial score (nSPS) is 11.3. The van der Waals surface area contributed by atoms with Crippen molar-refractivity contribution in [3.8, 4) is 34.2 Å². The van der Waals surface area contributed by atoms with Crippen LogP contribution in [0.1, 0.15) is 0 Å². The van der Waals surface area contributed by atoms with Crippen LogP contribution >= 0.6 is 0 Å². The van der Waals surface area contributed by atoms with Gasteiger partial charge in [-0.1, -0.05) is 6.07 Å². The number of aromatic amines is 2. The Morgan fingerprint density at radius 1 is 0.767 bits per heavy atom. The highest BCUT2D eigenvalue weighted by molar-refractivity contribution is 5.95. The van der Waals surface area contributed by atoms with Gasteiger partial charge in [0.25, 0.3) is 0 Å². The van der Waals surface area contributed by atoms with Crippen molar-refractivity contribution in [1.82, 2.24) is 45.1 Å². The molecule has 6 aromatic rings. The lowest BCUT2D eigenvalue weighted by atomic mass is 10.1. The van der Waals surface area contributed by atoms with E-state index in [1.54, 1.807) is 37.2 Å². The molecule has 9 nitrogen and oxygen atoms in total. The number of fused-ring (bicyclic) bond motifs is 2. The number of H-pyrrole nitrogens is 2. The molecule has 142 valence electrons. The molecule has 0 aliphatic carbocycles. The predicted molar refractivity (Wildman–Crippen MR) is 111 cm³/mol. The average Bonchev–Trinajstić information content (AvgIpc) is 3.43. The second-order valence-corrected chi connectivity index (χ2v) is 6.64. The zero-order valence-corrected chi connectivity index (χ0v) is 15.5. The number of imidazole rings is 1. The minimum atomic E-state index is 0.625. The Morgan fingerprint density at radius 2 is 1.73 bits per heavy atom. The van der Waals surface area contributed by atoms with Crippen LogP contribution in [0.3, 0.4) is 0 Å². The van der Waals surface area contributed by atoms with E-state index in [9.17, 15) is 0 Å². The van der Waals surface area contributed by atoms with Gasteiger partial charge >= 0.3 is 0 Å². The molecule has 9 heteroatoms. The summed E-state index contributed by atoms with van der Waals surface area (Å²) in [5.74, 6) is 0.625. The van der Waals surface area contributed by atoms with Crippen molar-refractivity contribution in [2.24, 2.45) is 0 Å². The van der Waals surface area contributed by atoms with E-state index in [2.05, 4.69) is 40.1 Å². The first-order valence-corrected chi connectivity index (χ1v) is 9.24. The minimum absolute atomic E-state index is 0.625. The van der Waals surface area contributed by atoms with E-state index in [4.69, 9.17) is 4.98 Å². The van der Waals surface area contributed by atoms with Crippen LogP contribution in [0.2, 0.25) is 0 Å². The van der Waals surface area contributed by atoms with Gasteiger partial charge in [-0.15, -0.1) is 0 Å². The lowest BCUT2D eigenvalue weighted by Crippen LogP contribution is -1.88. The Balaban J connectivity index is 1.52. The van der Waals surface area contributed by atoms with Gasteiger partial charge in [-0.2, -0.15) is 5.10 Å². The largest absolute Gasteiger partial charge is 0.336 e. The second kappa shape index (κ2) is 6.52. The molecular formula is C21H13N9.